The average Bonchev–Trinajstić information content (AvgIpc) is 2.54. The molecule has 0 radical (unpaired) electrons. The third kappa shape index (κ3) is 2.05. The van der Waals surface area contributed by atoms with Crippen LogP contribution in [0.25, 0.3) is 10.8 Å². The molecule has 0 unspecified atom stereocenters. The summed E-state index contributed by atoms with van der Waals surface area (Å²) < 4.78 is 5.38. The molecule has 2 heteroatoms. The maximum Gasteiger partial charge on any atom is 0.197 e. The molecule has 0 saturated carbocycles. The molecule has 0 N–H and O–H groups in total. The van der Waals surface area contributed by atoms with Crippen LogP contribution in [-0.2, 0) is 0 Å². The number of hydrogen-bond donors (Lipinski definition) is 0. The first-order valence-corrected chi connectivity index (χ1v) is 6.47. The van der Waals surface area contributed by atoms with E-state index in [1.165, 1.54) is 0 Å². The summed E-state index contributed by atoms with van der Waals surface area (Å²) in [6.07, 6.45) is 0. The normalized spacial score (nSPS) is 10.4. The van der Waals surface area contributed by atoms with Gasteiger partial charge in [-0.2, -0.15) is 0 Å². The molecule has 0 bridgehead atoms. The van der Waals surface area contributed by atoms with E-state index in [2.05, 4.69) is 0 Å². The first-order valence-electron chi connectivity index (χ1n) is 6.47. The van der Waals surface area contributed by atoms with Gasteiger partial charge in [0.15, 0.2) is 5.78 Å². The largest absolute Gasteiger partial charge is 0.496 e. The predicted octanol–water partition coefficient (Wildman–Crippen LogP) is 4.08. The number of fused-ring (bicyclic) bond motifs is 1. The number of carbonyl (C=O) groups excluding carboxylic acids is 1. The van der Waals surface area contributed by atoms with E-state index in [1.807, 2.05) is 66.7 Å². The van der Waals surface area contributed by atoms with Crippen LogP contribution in [0, 0.1) is 0 Å². The highest BCUT2D eigenvalue weighted by atomic mass is 16.5. The highest BCUT2D eigenvalue weighted by Crippen LogP contribution is 2.30. The second-order valence-electron chi connectivity index (χ2n) is 4.56. The van der Waals surface area contributed by atoms with Crippen molar-refractivity contribution < 1.29 is 9.53 Å². The third-order valence-electron chi connectivity index (χ3n) is 3.37. The molecule has 0 heterocycles. The summed E-state index contributed by atoms with van der Waals surface area (Å²) in [4.78, 5) is 12.8. The lowest BCUT2D eigenvalue weighted by Gasteiger charge is -2.11. The van der Waals surface area contributed by atoms with Crippen molar-refractivity contribution in [2.45, 2.75) is 0 Å². The van der Waals surface area contributed by atoms with E-state index in [1.54, 1.807) is 7.11 Å². The Labute approximate surface area is 117 Å². The van der Waals surface area contributed by atoms with Gasteiger partial charge in [0.1, 0.15) is 5.75 Å². The fourth-order valence-electron chi connectivity index (χ4n) is 2.39. The lowest BCUT2D eigenvalue weighted by atomic mass is 9.96. The van der Waals surface area contributed by atoms with Gasteiger partial charge in [-0.1, -0.05) is 60.7 Å². The summed E-state index contributed by atoms with van der Waals surface area (Å²) in [6.45, 7) is 0. The Hall–Kier alpha value is -2.61. The highest BCUT2D eigenvalue weighted by molar-refractivity contribution is 6.18. The minimum absolute atomic E-state index is 0.0146. The van der Waals surface area contributed by atoms with Crippen molar-refractivity contribution in [3.05, 3.63) is 77.9 Å². The number of benzene rings is 3. The fourth-order valence-corrected chi connectivity index (χ4v) is 2.39. The summed E-state index contributed by atoms with van der Waals surface area (Å²) in [7, 11) is 1.59. The lowest BCUT2D eigenvalue weighted by molar-refractivity contribution is 0.103. The van der Waals surface area contributed by atoms with Crippen LogP contribution < -0.4 is 4.74 Å². The Morgan fingerprint density at radius 1 is 0.850 bits per heavy atom. The summed E-state index contributed by atoms with van der Waals surface area (Å²) in [5.74, 6) is 0.594. The molecule has 0 spiro atoms. The van der Waals surface area contributed by atoms with Gasteiger partial charge in [0.25, 0.3) is 0 Å². The van der Waals surface area contributed by atoms with Crippen LogP contribution in [0.1, 0.15) is 15.9 Å². The number of carbonyl (C=O) groups is 1. The molecule has 0 saturated heterocycles. The van der Waals surface area contributed by atoms with E-state index in [9.17, 15) is 4.79 Å². The second kappa shape index (κ2) is 5.17. The SMILES string of the molecule is COc1ccc2ccccc2c1C(=O)c1ccccc1. The lowest BCUT2D eigenvalue weighted by Crippen LogP contribution is -2.04. The van der Waals surface area contributed by atoms with Crippen LogP contribution in [0.15, 0.2) is 66.7 Å². The van der Waals surface area contributed by atoms with Gasteiger partial charge in [-0.3, -0.25) is 4.79 Å². The van der Waals surface area contributed by atoms with Crippen molar-refractivity contribution in [3.63, 3.8) is 0 Å². The van der Waals surface area contributed by atoms with Crippen LogP contribution in [-0.4, -0.2) is 12.9 Å². The summed E-state index contributed by atoms with van der Waals surface area (Å²) in [5, 5.41) is 1.95. The minimum atomic E-state index is -0.0146. The number of hydrogen-bond acceptors (Lipinski definition) is 2. The molecule has 0 fully saturated rings. The molecule has 0 aliphatic heterocycles. The Morgan fingerprint density at radius 2 is 1.55 bits per heavy atom. The second-order valence-corrected chi connectivity index (χ2v) is 4.56. The van der Waals surface area contributed by atoms with Gasteiger partial charge in [-0.25, -0.2) is 0 Å². The molecule has 0 aliphatic carbocycles. The monoisotopic (exact) mass is 262 g/mol. The number of ether oxygens (including phenoxy) is 1. The number of methoxy groups -OCH3 is 1. The first-order chi connectivity index (χ1) is 9.81. The zero-order chi connectivity index (χ0) is 13.9. The van der Waals surface area contributed by atoms with Gasteiger partial charge in [0.05, 0.1) is 12.7 Å². The van der Waals surface area contributed by atoms with E-state index in [4.69, 9.17) is 4.74 Å². The molecular weight excluding hydrogens is 248 g/mol. The number of ketones is 1. The van der Waals surface area contributed by atoms with Crippen molar-refractivity contribution in [2.24, 2.45) is 0 Å². The summed E-state index contributed by atoms with van der Waals surface area (Å²) in [6, 6.07) is 20.9. The van der Waals surface area contributed by atoms with Gasteiger partial charge in [-0.15, -0.1) is 0 Å². The van der Waals surface area contributed by atoms with Crippen LogP contribution in [0.5, 0.6) is 5.75 Å². The fraction of sp³-hybridized carbons (Fsp3) is 0.0556. The van der Waals surface area contributed by atoms with Crippen molar-refractivity contribution in [3.8, 4) is 5.75 Å². The Balaban J connectivity index is 2.26. The van der Waals surface area contributed by atoms with Crippen molar-refractivity contribution in [2.75, 3.05) is 7.11 Å². The third-order valence-corrected chi connectivity index (χ3v) is 3.37. The van der Waals surface area contributed by atoms with Crippen molar-refractivity contribution >= 4 is 16.6 Å². The van der Waals surface area contributed by atoms with E-state index in [-0.39, 0.29) is 5.78 Å². The Morgan fingerprint density at radius 3 is 2.30 bits per heavy atom. The van der Waals surface area contributed by atoms with Gasteiger partial charge in [0, 0.05) is 5.56 Å². The molecule has 20 heavy (non-hydrogen) atoms. The average molecular weight is 262 g/mol. The topological polar surface area (TPSA) is 26.3 Å². The summed E-state index contributed by atoms with van der Waals surface area (Å²) in [5.41, 5.74) is 1.29. The zero-order valence-corrected chi connectivity index (χ0v) is 11.2. The quantitative estimate of drug-likeness (QED) is 0.665. The minimum Gasteiger partial charge on any atom is -0.496 e. The molecule has 3 aromatic rings. The Bertz CT molecular complexity index is 761. The highest BCUT2D eigenvalue weighted by Gasteiger charge is 2.17. The van der Waals surface area contributed by atoms with Crippen LogP contribution in [0.3, 0.4) is 0 Å². The maximum atomic E-state index is 12.8. The van der Waals surface area contributed by atoms with Crippen molar-refractivity contribution in [1.29, 1.82) is 0 Å². The molecule has 3 aromatic carbocycles. The smallest absolute Gasteiger partial charge is 0.197 e. The van der Waals surface area contributed by atoms with Crippen LogP contribution in [0.2, 0.25) is 0 Å². The molecule has 0 aromatic heterocycles. The van der Waals surface area contributed by atoms with E-state index >= 15 is 0 Å². The van der Waals surface area contributed by atoms with Crippen LogP contribution in [0.4, 0.5) is 0 Å². The standard InChI is InChI=1S/C18H14O2/c1-20-16-12-11-13-7-5-6-10-15(13)17(16)18(19)14-8-3-2-4-9-14/h2-12H,1H3. The molecule has 0 aliphatic rings. The van der Waals surface area contributed by atoms with Crippen molar-refractivity contribution in [1.82, 2.24) is 0 Å². The first kappa shape index (κ1) is 12.4. The van der Waals surface area contributed by atoms with E-state index in [0.29, 0.717) is 16.9 Å². The molecule has 3 rings (SSSR count). The Kier molecular flexibility index (Phi) is 3.21. The van der Waals surface area contributed by atoms with E-state index in [0.717, 1.165) is 10.8 Å². The molecular formula is C18H14O2. The molecule has 0 atom stereocenters. The maximum absolute atomic E-state index is 12.8. The summed E-state index contributed by atoms with van der Waals surface area (Å²) >= 11 is 0. The van der Waals surface area contributed by atoms with Gasteiger partial charge >= 0.3 is 0 Å². The van der Waals surface area contributed by atoms with Gasteiger partial charge in [0.2, 0.25) is 0 Å². The predicted molar refractivity (Wildman–Crippen MR) is 80.4 cm³/mol. The molecule has 0 amide bonds. The van der Waals surface area contributed by atoms with Crippen LogP contribution >= 0.6 is 0 Å². The van der Waals surface area contributed by atoms with Gasteiger partial charge < -0.3 is 4.74 Å². The van der Waals surface area contributed by atoms with E-state index < -0.39 is 0 Å². The molecule has 98 valence electrons. The number of rotatable bonds is 3. The van der Waals surface area contributed by atoms with Gasteiger partial charge in [-0.05, 0) is 16.8 Å². The molecule has 2 nitrogen and oxygen atoms in total. The zero-order valence-electron chi connectivity index (χ0n) is 11.2.